The lowest BCUT2D eigenvalue weighted by molar-refractivity contribution is 0.807. The van der Waals surface area contributed by atoms with Crippen molar-refractivity contribution in [1.29, 1.82) is 0 Å². The van der Waals surface area contributed by atoms with E-state index in [0.29, 0.717) is 0 Å². The topological polar surface area (TPSA) is 24.1 Å². The summed E-state index contributed by atoms with van der Waals surface area (Å²) in [7, 11) is 0. The van der Waals surface area contributed by atoms with Gasteiger partial charge in [-0.1, -0.05) is 0 Å². The molecule has 0 spiro atoms. The van der Waals surface area contributed by atoms with Gasteiger partial charge in [0, 0.05) is 19.8 Å². The van der Waals surface area contributed by atoms with Crippen LogP contribution in [0.15, 0.2) is 0 Å². The maximum absolute atomic E-state index is 3.11. The molecule has 4 heteroatoms. The Hall–Kier alpha value is 1.38. The lowest BCUT2D eigenvalue weighted by atomic mass is 10.7. The first-order chi connectivity index (χ1) is 2.50. The summed E-state index contributed by atoms with van der Waals surface area (Å²) in [6, 6.07) is 0. The summed E-state index contributed by atoms with van der Waals surface area (Å²) in [6.45, 7) is 3.28. The van der Waals surface area contributed by atoms with Gasteiger partial charge < -0.3 is 10.6 Å². The predicted octanol–water partition coefficient (Wildman–Crippen LogP) is 0.373. The second kappa shape index (κ2) is 7.38. The highest BCUT2D eigenvalue weighted by Crippen LogP contribution is 1.62. The molecule has 7 heavy (non-hydrogen) atoms. The van der Waals surface area contributed by atoms with Gasteiger partial charge in [0.1, 0.15) is 0 Å². The third-order valence-corrected chi connectivity index (χ3v) is 0.729. The smallest absolute Gasteiger partial charge is 0.0455 e. The predicted molar refractivity (Wildman–Crippen MR) is 51.7 cm³/mol. The largest absolute Gasteiger partial charge is 0.303 e. The molecular formula is C3H10I2N2. The van der Waals surface area contributed by atoms with E-state index in [0.717, 1.165) is 19.8 Å². The number of rotatable bonds is 0. The summed E-state index contributed by atoms with van der Waals surface area (Å²) in [5, 5.41) is 6.22. The van der Waals surface area contributed by atoms with Crippen LogP contribution in [0.25, 0.3) is 0 Å². The average molecular weight is 328 g/mol. The third kappa shape index (κ3) is 5.25. The quantitative estimate of drug-likeness (QED) is 0.628. The van der Waals surface area contributed by atoms with Crippen LogP contribution < -0.4 is 10.6 Å². The van der Waals surface area contributed by atoms with Crippen molar-refractivity contribution in [2.75, 3.05) is 19.8 Å². The van der Waals surface area contributed by atoms with Crippen LogP contribution in [0.2, 0.25) is 0 Å². The monoisotopic (exact) mass is 328 g/mol. The highest BCUT2D eigenvalue weighted by molar-refractivity contribution is 14.0. The fourth-order valence-electron chi connectivity index (χ4n) is 0.442. The molecule has 0 aromatic heterocycles. The zero-order valence-corrected chi connectivity index (χ0v) is 8.60. The molecule has 0 atom stereocenters. The molecule has 0 amide bonds. The molecule has 0 aliphatic carbocycles. The van der Waals surface area contributed by atoms with Gasteiger partial charge in [-0.3, -0.25) is 0 Å². The van der Waals surface area contributed by atoms with Gasteiger partial charge >= 0.3 is 0 Å². The van der Waals surface area contributed by atoms with Crippen molar-refractivity contribution in [2.45, 2.75) is 0 Å². The zero-order chi connectivity index (χ0) is 3.54. The van der Waals surface area contributed by atoms with E-state index in [1.165, 1.54) is 0 Å². The van der Waals surface area contributed by atoms with Crippen LogP contribution in [0.5, 0.6) is 0 Å². The third-order valence-electron chi connectivity index (χ3n) is 0.729. The van der Waals surface area contributed by atoms with E-state index in [1.54, 1.807) is 0 Å². The normalized spacial score (nSPS) is 17.1. The molecule has 0 aromatic carbocycles. The molecule has 1 aliphatic rings. The molecule has 0 radical (unpaired) electrons. The standard InChI is InChI=1S/C3H8N2.2HI/c1-2-5-3-4-1;;/h4-5H,1-3H2;2*1H. The zero-order valence-electron chi connectivity index (χ0n) is 3.94. The molecule has 0 aromatic rings. The molecule has 0 bridgehead atoms. The van der Waals surface area contributed by atoms with Gasteiger partial charge in [-0.25, -0.2) is 0 Å². The van der Waals surface area contributed by atoms with Gasteiger partial charge in [-0.15, -0.1) is 48.0 Å². The molecule has 1 heterocycles. The number of halogens is 2. The van der Waals surface area contributed by atoms with Crippen molar-refractivity contribution in [2.24, 2.45) is 0 Å². The Morgan fingerprint density at radius 3 is 1.43 bits per heavy atom. The van der Waals surface area contributed by atoms with Crippen LogP contribution >= 0.6 is 48.0 Å². The summed E-state index contributed by atoms with van der Waals surface area (Å²) in [5.74, 6) is 0. The summed E-state index contributed by atoms with van der Waals surface area (Å²) in [6.07, 6.45) is 0. The highest BCUT2D eigenvalue weighted by atomic mass is 127. The lowest BCUT2D eigenvalue weighted by Gasteiger charge is -1.77. The number of hydrogen-bond donors (Lipinski definition) is 2. The average Bonchev–Trinajstić information content (AvgIpc) is 1.76. The van der Waals surface area contributed by atoms with Crippen molar-refractivity contribution in [1.82, 2.24) is 10.6 Å². The molecule has 2 nitrogen and oxygen atoms in total. The molecule has 1 rings (SSSR count). The number of hydrogen-bond acceptors (Lipinski definition) is 2. The summed E-state index contributed by atoms with van der Waals surface area (Å²) >= 11 is 0. The minimum Gasteiger partial charge on any atom is -0.303 e. The highest BCUT2D eigenvalue weighted by Gasteiger charge is 1.90. The van der Waals surface area contributed by atoms with Gasteiger partial charge in [-0.05, 0) is 0 Å². The van der Waals surface area contributed by atoms with Crippen molar-refractivity contribution in [3.8, 4) is 0 Å². The minimum atomic E-state index is 0. The maximum atomic E-state index is 3.11. The van der Waals surface area contributed by atoms with Crippen LogP contribution in [0.3, 0.4) is 0 Å². The first-order valence-corrected chi connectivity index (χ1v) is 1.91. The van der Waals surface area contributed by atoms with E-state index in [9.17, 15) is 0 Å². The van der Waals surface area contributed by atoms with Crippen LogP contribution in [-0.2, 0) is 0 Å². The first kappa shape index (κ1) is 11.2. The Morgan fingerprint density at radius 2 is 1.29 bits per heavy atom. The van der Waals surface area contributed by atoms with Gasteiger partial charge in [-0.2, -0.15) is 0 Å². The van der Waals surface area contributed by atoms with Gasteiger partial charge in [0.25, 0.3) is 0 Å². The molecular weight excluding hydrogens is 318 g/mol. The molecule has 2 N–H and O–H groups in total. The van der Waals surface area contributed by atoms with Crippen molar-refractivity contribution < 1.29 is 0 Å². The van der Waals surface area contributed by atoms with Crippen molar-refractivity contribution >= 4 is 48.0 Å². The Kier molecular flexibility index (Phi) is 11.8. The second-order valence-corrected chi connectivity index (χ2v) is 1.18. The van der Waals surface area contributed by atoms with Crippen LogP contribution in [0, 0.1) is 0 Å². The Labute approximate surface area is 77.9 Å². The minimum absolute atomic E-state index is 0. The van der Waals surface area contributed by atoms with Gasteiger partial charge in [0.15, 0.2) is 0 Å². The van der Waals surface area contributed by atoms with Gasteiger partial charge in [0.05, 0.1) is 0 Å². The second-order valence-electron chi connectivity index (χ2n) is 1.18. The molecule has 0 saturated carbocycles. The van der Waals surface area contributed by atoms with E-state index >= 15 is 0 Å². The molecule has 0 unspecified atom stereocenters. The van der Waals surface area contributed by atoms with E-state index < -0.39 is 0 Å². The fraction of sp³-hybridized carbons (Fsp3) is 1.00. The summed E-state index contributed by atoms with van der Waals surface area (Å²) < 4.78 is 0. The molecule has 1 saturated heterocycles. The number of nitrogens with one attached hydrogen (secondary N) is 2. The Bertz CT molecular complexity index is 22.5. The van der Waals surface area contributed by atoms with Crippen molar-refractivity contribution in [3.63, 3.8) is 0 Å². The maximum Gasteiger partial charge on any atom is 0.0455 e. The molecule has 1 aliphatic heterocycles. The van der Waals surface area contributed by atoms with Crippen LogP contribution in [-0.4, -0.2) is 19.8 Å². The van der Waals surface area contributed by atoms with E-state index in [2.05, 4.69) is 10.6 Å². The Morgan fingerprint density at radius 1 is 0.857 bits per heavy atom. The van der Waals surface area contributed by atoms with E-state index in [1.807, 2.05) is 0 Å². The summed E-state index contributed by atoms with van der Waals surface area (Å²) in [5.41, 5.74) is 0. The van der Waals surface area contributed by atoms with Crippen LogP contribution in [0.4, 0.5) is 0 Å². The van der Waals surface area contributed by atoms with Crippen LogP contribution in [0.1, 0.15) is 0 Å². The summed E-state index contributed by atoms with van der Waals surface area (Å²) in [4.78, 5) is 0. The SMILES string of the molecule is C1CNCN1.I.I. The molecule has 46 valence electrons. The van der Waals surface area contributed by atoms with E-state index in [-0.39, 0.29) is 48.0 Å². The Balaban J connectivity index is 0. The van der Waals surface area contributed by atoms with Crippen molar-refractivity contribution in [3.05, 3.63) is 0 Å². The van der Waals surface area contributed by atoms with Gasteiger partial charge in [0.2, 0.25) is 0 Å². The van der Waals surface area contributed by atoms with E-state index in [4.69, 9.17) is 0 Å². The first-order valence-electron chi connectivity index (χ1n) is 1.91. The lowest BCUT2D eigenvalue weighted by Crippen LogP contribution is -2.11. The molecule has 1 fully saturated rings. The fourth-order valence-corrected chi connectivity index (χ4v) is 0.442.